The van der Waals surface area contributed by atoms with E-state index in [2.05, 4.69) is 0 Å². The van der Waals surface area contributed by atoms with Crippen molar-refractivity contribution in [3.8, 4) is 11.5 Å². The number of halogens is 2. The number of nitrogens with two attached hydrogens (primary N) is 1. The van der Waals surface area contributed by atoms with Gasteiger partial charge in [0, 0.05) is 30.3 Å². The number of anilines is 1. The molecular formula is C20H15F2N3O5. The van der Waals surface area contributed by atoms with Gasteiger partial charge in [-0.3, -0.25) is 19.7 Å². The van der Waals surface area contributed by atoms with Crippen molar-refractivity contribution in [2.45, 2.75) is 13.0 Å². The van der Waals surface area contributed by atoms with Crippen LogP contribution in [0.3, 0.4) is 0 Å². The molecule has 0 saturated heterocycles. The molecule has 0 fully saturated rings. The fourth-order valence-electron chi connectivity index (χ4n) is 2.78. The van der Waals surface area contributed by atoms with Crippen molar-refractivity contribution >= 4 is 17.2 Å². The molecule has 2 aromatic carbocycles. The first-order valence-corrected chi connectivity index (χ1v) is 8.62. The van der Waals surface area contributed by atoms with Gasteiger partial charge in [0.1, 0.15) is 11.6 Å². The summed E-state index contributed by atoms with van der Waals surface area (Å²) in [6, 6.07) is 10.9. The van der Waals surface area contributed by atoms with Crippen LogP contribution in [-0.2, 0) is 17.8 Å². The molecule has 0 aliphatic rings. The van der Waals surface area contributed by atoms with Gasteiger partial charge in [0.05, 0.1) is 17.2 Å². The Morgan fingerprint density at radius 2 is 1.83 bits per heavy atom. The molecule has 0 saturated carbocycles. The van der Waals surface area contributed by atoms with Crippen LogP contribution in [-0.4, -0.2) is 15.3 Å². The maximum absolute atomic E-state index is 14.3. The largest absolute Gasteiger partial charge is 0.452 e. The highest BCUT2D eigenvalue weighted by molar-refractivity contribution is 5.83. The van der Waals surface area contributed by atoms with Crippen LogP contribution in [0.25, 0.3) is 0 Å². The van der Waals surface area contributed by atoms with Gasteiger partial charge in [-0.05, 0) is 18.2 Å². The number of rotatable bonds is 7. The van der Waals surface area contributed by atoms with Crippen molar-refractivity contribution in [1.82, 2.24) is 4.57 Å². The summed E-state index contributed by atoms with van der Waals surface area (Å²) >= 11 is 0. The van der Waals surface area contributed by atoms with E-state index in [9.17, 15) is 28.5 Å². The molecule has 0 bridgehead atoms. The number of ketones is 1. The molecule has 0 amide bonds. The van der Waals surface area contributed by atoms with Crippen molar-refractivity contribution in [2.24, 2.45) is 0 Å². The normalized spacial score (nSPS) is 10.6. The Hall–Kier alpha value is -4.08. The summed E-state index contributed by atoms with van der Waals surface area (Å²) in [5.41, 5.74) is 3.49. The maximum Gasteiger partial charge on any atom is 0.334 e. The van der Waals surface area contributed by atoms with E-state index in [1.54, 1.807) is 30.3 Å². The number of nitrogen functional groups attached to an aromatic ring is 1. The second-order valence-electron chi connectivity index (χ2n) is 6.28. The van der Waals surface area contributed by atoms with Crippen LogP contribution in [0.4, 0.5) is 20.2 Å². The highest BCUT2D eigenvalue weighted by Crippen LogP contribution is 2.35. The first kappa shape index (κ1) is 20.6. The lowest BCUT2D eigenvalue weighted by molar-refractivity contribution is -0.386. The lowest BCUT2D eigenvalue weighted by Gasteiger charge is -2.14. The maximum atomic E-state index is 14.3. The molecular weight excluding hydrogens is 400 g/mol. The van der Waals surface area contributed by atoms with E-state index in [0.29, 0.717) is 6.07 Å². The molecule has 0 radical (unpaired) electrons. The fourth-order valence-corrected chi connectivity index (χ4v) is 2.78. The quantitative estimate of drug-likeness (QED) is 0.360. The number of hydrogen-bond acceptors (Lipinski definition) is 6. The zero-order chi connectivity index (χ0) is 21.8. The molecule has 0 unspecified atom stereocenters. The zero-order valence-electron chi connectivity index (χ0n) is 15.4. The Kier molecular flexibility index (Phi) is 5.86. The highest BCUT2D eigenvalue weighted by Gasteiger charge is 2.22. The van der Waals surface area contributed by atoms with Crippen LogP contribution in [0.2, 0.25) is 0 Å². The summed E-state index contributed by atoms with van der Waals surface area (Å²) < 4.78 is 34.7. The Morgan fingerprint density at radius 1 is 1.13 bits per heavy atom. The van der Waals surface area contributed by atoms with Crippen LogP contribution < -0.4 is 16.0 Å². The van der Waals surface area contributed by atoms with Gasteiger partial charge in [-0.2, -0.15) is 0 Å². The predicted molar refractivity (Wildman–Crippen MR) is 103 cm³/mol. The minimum Gasteiger partial charge on any atom is -0.452 e. The molecule has 0 aliphatic carbocycles. The van der Waals surface area contributed by atoms with Crippen LogP contribution in [0.5, 0.6) is 11.5 Å². The molecule has 2 N–H and O–H groups in total. The van der Waals surface area contributed by atoms with Gasteiger partial charge in [-0.1, -0.05) is 18.2 Å². The van der Waals surface area contributed by atoms with Crippen molar-refractivity contribution in [1.29, 1.82) is 0 Å². The Labute approximate surface area is 168 Å². The van der Waals surface area contributed by atoms with Gasteiger partial charge in [-0.15, -0.1) is 0 Å². The Balaban J connectivity index is 1.87. The third-order valence-corrected chi connectivity index (χ3v) is 4.21. The van der Waals surface area contributed by atoms with E-state index in [1.165, 1.54) is 12.3 Å². The fraction of sp³-hybridized carbons (Fsp3) is 0.100. The average molecular weight is 415 g/mol. The van der Waals surface area contributed by atoms with E-state index in [4.69, 9.17) is 10.5 Å². The summed E-state index contributed by atoms with van der Waals surface area (Å²) in [7, 11) is 0. The molecule has 30 heavy (non-hydrogen) atoms. The van der Waals surface area contributed by atoms with Gasteiger partial charge >= 0.3 is 11.2 Å². The molecule has 0 aliphatic heterocycles. The SMILES string of the molecule is Nc1c(CC(=O)Cn2cccc([N+](=O)[O-])c2=O)c(F)cc(F)c1Oc1ccccc1. The van der Waals surface area contributed by atoms with Crippen LogP contribution in [0, 0.1) is 21.7 Å². The summed E-state index contributed by atoms with van der Waals surface area (Å²) in [6.07, 6.45) is 0.625. The lowest BCUT2D eigenvalue weighted by atomic mass is 10.0. The molecule has 8 nitrogen and oxygen atoms in total. The number of carbonyl (C=O) groups is 1. The van der Waals surface area contributed by atoms with E-state index >= 15 is 0 Å². The Morgan fingerprint density at radius 3 is 2.50 bits per heavy atom. The zero-order valence-corrected chi connectivity index (χ0v) is 15.4. The molecule has 0 spiro atoms. The minimum absolute atomic E-state index is 0.259. The topological polar surface area (TPSA) is 117 Å². The standard InChI is InChI=1S/C20H15F2N3O5/c21-15-10-16(22)19(30-13-5-2-1-3-6-13)18(23)14(15)9-12(26)11-24-8-4-7-17(20(24)27)25(28)29/h1-8,10H,9,11,23H2. The van der Waals surface area contributed by atoms with E-state index in [1.807, 2.05) is 0 Å². The van der Waals surface area contributed by atoms with Crippen LogP contribution in [0.1, 0.15) is 5.56 Å². The Bertz CT molecular complexity index is 1180. The van der Waals surface area contributed by atoms with Gasteiger partial charge < -0.3 is 15.0 Å². The van der Waals surface area contributed by atoms with Gasteiger partial charge in [0.15, 0.2) is 17.3 Å². The minimum atomic E-state index is -1.05. The lowest BCUT2D eigenvalue weighted by Crippen LogP contribution is -2.26. The molecule has 154 valence electrons. The van der Waals surface area contributed by atoms with Crippen molar-refractivity contribution in [3.63, 3.8) is 0 Å². The predicted octanol–water partition coefficient (Wildman–Crippen LogP) is 3.22. The van der Waals surface area contributed by atoms with Crippen LogP contribution in [0.15, 0.2) is 59.5 Å². The van der Waals surface area contributed by atoms with Crippen molar-refractivity contribution in [3.05, 3.63) is 92.4 Å². The molecule has 0 atom stereocenters. The first-order valence-electron chi connectivity index (χ1n) is 8.62. The number of benzene rings is 2. The monoisotopic (exact) mass is 415 g/mol. The van der Waals surface area contributed by atoms with Crippen molar-refractivity contribution < 1.29 is 23.2 Å². The number of pyridine rings is 1. The molecule has 1 heterocycles. The van der Waals surface area contributed by atoms with Gasteiger partial charge in [0.25, 0.3) is 0 Å². The summed E-state index contributed by atoms with van der Waals surface area (Å²) in [5.74, 6) is -2.93. The second-order valence-corrected chi connectivity index (χ2v) is 6.28. The van der Waals surface area contributed by atoms with Crippen molar-refractivity contribution in [2.75, 3.05) is 5.73 Å². The molecule has 3 rings (SSSR count). The third kappa shape index (κ3) is 4.32. The number of aromatic nitrogens is 1. The van der Waals surface area contributed by atoms with Gasteiger partial charge in [-0.25, -0.2) is 8.78 Å². The highest BCUT2D eigenvalue weighted by atomic mass is 19.1. The summed E-state index contributed by atoms with van der Waals surface area (Å²) in [6.45, 7) is -0.550. The smallest absolute Gasteiger partial charge is 0.334 e. The number of nitrogens with zero attached hydrogens (tertiary/aromatic N) is 2. The number of carbonyl (C=O) groups excluding carboxylic acids is 1. The average Bonchev–Trinajstić information content (AvgIpc) is 2.70. The molecule has 3 aromatic rings. The van der Waals surface area contributed by atoms with E-state index in [-0.39, 0.29) is 11.3 Å². The van der Waals surface area contributed by atoms with E-state index < -0.39 is 58.0 Å². The van der Waals surface area contributed by atoms with Crippen LogP contribution >= 0.6 is 0 Å². The summed E-state index contributed by atoms with van der Waals surface area (Å²) in [4.78, 5) is 34.4. The number of nitro groups is 1. The number of Topliss-reactive ketones (excluding diaryl/α,β-unsaturated/α-hetero) is 1. The third-order valence-electron chi connectivity index (χ3n) is 4.21. The molecule has 10 heteroatoms. The second kappa shape index (κ2) is 8.52. The summed E-state index contributed by atoms with van der Waals surface area (Å²) in [5, 5.41) is 10.9. The number of ether oxygens (including phenoxy) is 1. The van der Waals surface area contributed by atoms with E-state index in [0.717, 1.165) is 10.6 Å². The number of para-hydroxylation sites is 1. The molecule has 1 aromatic heterocycles. The first-order chi connectivity index (χ1) is 14.3. The number of hydrogen-bond donors (Lipinski definition) is 1. The van der Waals surface area contributed by atoms with Gasteiger partial charge in [0.2, 0.25) is 0 Å².